The molecule has 1 aromatic heterocycles. The first kappa shape index (κ1) is 14.9. The zero-order valence-corrected chi connectivity index (χ0v) is 13.7. The number of hydrogen-bond acceptors (Lipinski definition) is 4. The van der Waals surface area contributed by atoms with Crippen molar-refractivity contribution in [2.75, 3.05) is 14.1 Å². The van der Waals surface area contributed by atoms with Gasteiger partial charge in [-0.2, -0.15) is 0 Å². The fourth-order valence-electron chi connectivity index (χ4n) is 3.35. The van der Waals surface area contributed by atoms with Gasteiger partial charge in [0.2, 0.25) is 0 Å². The van der Waals surface area contributed by atoms with E-state index >= 15 is 0 Å². The maximum absolute atomic E-state index is 11.0. The molecule has 1 aliphatic rings. The van der Waals surface area contributed by atoms with Gasteiger partial charge in [0.05, 0.1) is 5.54 Å². The number of hydrogen-bond donors (Lipinski definition) is 1. The Hall–Kier alpha value is -0.460. The van der Waals surface area contributed by atoms with Crippen molar-refractivity contribution >= 4 is 15.9 Å². The summed E-state index contributed by atoms with van der Waals surface area (Å²) in [5.74, 6) is 0.630. The van der Waals surface area contributed by atoms with Gasteiger partial charge in [0.15, 0.2) is 4.60 Å². The SMILES string of the molecule is CC1CCCC(C(O)c2c(Br)nnn2C)(N(C)C)C1. The molecule has 6 heteroatoms. The van der Waals surface area contributed by atoms with Gasteiger partial charge in [-0.25, -0.2) is 4.68 Å². The third-order valence-corrected chi connectivity index (χ3v) is 5.06. The maximum atomic E-state index is 11.0. The number of aromatic nitrogens is 3. The molecule has 1 fully saturated rings. The van der Waals surface area contributed by atoms with Crippen LogP contribution in [0.2, 0.25) is 0 Å². The second-order valence-corrected chi connectivity index (χ2v) is 6.74. The number of aryl methyl sites for hydroxylation is 1. The lowest BCUT2D eigenvalue weighted by Crippen LogP contribution is -2.52. The molecule has 0 bridgehead atoms. The molecular weight excluding hydrogens is 308 g/mol. The van der Waals surface area contributed by atoms with Gasteiger partial charge in [-0.05, 0) is 48.8 Å². The summed E-state index contributed by atoms with van der Waals surface area (Å²) >= 11 is 3.40. The highest BCUT2D eigenvalue weighted by Crippen LogP contribution is 2.44. The molecule has 19 heavy (non-hydrogen) atoms. The fraction of sp³-hybridized carbons (Fsp3) is 0.846. The molecule has 1 aliphatic carbocycles. The van der Waals surface area contributed by atoms with Crippen molar-refractivity contribution in [2.24, 2.45) is 13.0 Å². The van der Waals surface area contributed by atoms with Gasteiger partial charge >= 0.3 is 0 Å². The molecule has 0 aromatic carbocycles. The standard InChI is InChI=1S/C13H23BrN4O/c1-9-6-5-7-13(8-9,17(2)3)11(19)10-12(14)15-16-18(10)4/h9,11,19H,5-8H2,1-4H3. The molecule has 3 atom stereocenters. The van der Waals surface area contributed by atoms with Crippen molar-refractivity contribution in [1.29, 1.82) is 0 Å². The molecule has 0 saturated heterocycles. The number of halogens is 1. The summed E-state index contributed by atoms with van der Waals surface area (Å²) in [5.41, 5.74) is 0.540. The first-order chi connectivity index (χ1) is 8.88. The van der Waals surface area contributed by atoms with Crippen LogP contribution < -0.4 is 0 Å². The normalized spacial score (nSPS) is 29.7. The molecule has 1 saturated carbocycles. The smallest absolute Gasteiger partial charge is 0.154 e. The molecule has 0 spiro atoms. The number of aliphatic hydroxyl groups is 1. The predicted molar refractivity (Wildman–Crippen MR) is 77.7 cm³/mol. The van der Waals surface area contributed by atoms with E-state index in [1.807, 2.05) is 7.05 Å². The Bertz CT molecular complexity index is 428. The number of aliphatic hydroxyl groups excluding tert-OH is 1. The highest BCUT2D eigenvalue weighted by molar-refractivity contribution is 9.10. The van der Waals surface area contributed by atoms with Crippen LogP contribution in [0.1, 0.15) is 44.4 Å². The molecule has 1 heterocycles. The molecule has 0 radical (unpaired) electrons. The van der Waals surface area contributed by atoms with Crippen LogP contribution in [0.25, 0.3) is 0 Å². The van der Waals surface area contributed by atoms with E-state index in [-0.39, 0.29) is 5.54 Å². The van der Waals surface area contributed by atoms with Crippen LogP contribution in [0.4, 0.5) is 0 Å². The van der Waals surface area contributed by atoms with Crippen molar-refractivity contribution < 1.29 is 5.11 Å². The minimum absolute atomic E-state index is 0.227. The molecular formula is C13H23BrN4O. The summed E-state index contributed by atoms with van der Waals surface area (Å²) in [5, 5.41) is 18.9. The number of nitrogens with zero attached hydrogens (tertiary/aromatic N) is 4. The highest BCUT2D eigenvalue weighted by atomic mass is 79.9. The zero-order valence-electron chi connectivity index (χ0n) is 12.1. The minimum atomic E-state index is -0.584. The first-order valence-corrected chi connectivity index (χ1v) is 7.58. The number of likely N-dealkylation sites (N-methyl/N-ethyl adjacent to an activating group) is 1. The van der Waals surface area contributed by atoms with E-state index in [1.165, 1.54) is 6.42 Å². The lowest BCUT2D eigenvalue weighted by molar-refractivity contribution is -0.0490. The topological polar surface area (TPSA) is 54.2 Å². The van der Waals surface area contributed by atoms with Gasteiger partial charge in [-0.1, -0.05) is 25.0 Å². The summed E-state index contributed by atoms with van der Waals surface area (Å²) in [6.45, 7) is 2.26. The third kappa shape index (κ3) is 2.58. The van der Waals surface area contributed by atoms with E-state index in [0.717, 1.165) is 25.0 Å². The van der Waals surface area contributed by atoms with Crippen LogP contribution in [-0.2, 0) is 7.05 Å². The Balaban J connectivity index is 2.39. The predicted octanol–water partition coefficient (Wildman–Crippen LogP) is 2.12. The van der Waals surface area contributed by atoms with Crippen LogP contribution in [0.3, 0.4) is 0 Å². The molecule has 3 unspecified atom stereocenters. The maximum Gasteiger partial charge on any atom is 0.154 e. The Morgan fingerprint density at radius 2 is 2.21 bits per heavy atom. The van der Waals surface area contributed by atoms with Gasteiger partial charge in [0, 0.05) is 7.05 Å². The van der Waals surface area contributed by atoms with Crippen LogP contribution in [-0.4, -0.2) is 44.6 Å². The summed E-state index contributed by atoms with van der Waals surface area (Å²) in [4.78, 5) is 2.17. The molecule has 5 nitrogen and oxygen atoms in total. The van der Waals surface area contributed by atoms with E-state index in [9.17, 15) is 5.11 Å². The van der Waals surface area contributed by atoms with Crippen LogP contribution in [0.5, 0.6) is 0 Å². The summed E-state index contributed by atoms with van der Waals surface area (Å²) in [6, 6.07) is 0. The van der Waals surface area contributed by atoms with Crippen LogP contribution >= 0.6 is 15.9 Å². The first-order valence-electron chi connectivity index (χ1n) is 6.79. The van der Waals surface area contributed by atoms with E-state index in [1.54, 1.807) is 4.68 Å². The molecule has 108 valence electrons. The average Bonchev–Trinajstić information content (AvgIpc) is 2.67. The van der Waals surface area contributed by atoms with Gasteiger partial charge in [-0.3, -0.25) is 0 Å². The van der Waals surface area contributed by atoms with Crippen molar-refractivity contribution in [3.8, 4) is 0 Å². The monoisotopic (exact) mass is 330 g/mol. The van der Waals surface area contributed by atoms with Gasteiger partial charge in [-0.15, -0.1) is 5.10 Å². The van der Waals surface area contributed by atoms with E-state index in [2.05, 4.69) is 52.2 Å². The fourth-order valence-corrected chi connectivity index (χ4v) is 3.89. The largest absolute Gasteiger partial charge is 0.385 e. The molecule has 1 N–H and O–H groups in total. The lowest BCUT2D eigenvalue weighted by atomic mass is 9.71. The third-order valence-electron chi connectivity index (χ3n) is 4.49. The van der Waals surface area contributed by atoms with Crippen molar-refractivity contribution in [3.63, 3.8) is 0 Å². The zero-order chi connectivity index (χ0) is 14.2. The quantitative estimate of drug-likeness (QED) is 0.922. The minimum Gasteiger partial charge on any atom is -0.385 e. The molecule has 2 rings (SSSR count). The number of rotatable bonds is 3. The summed E-state index contributed by atoms with van der Waals surface area (Å²) in [7, 11) is 5.93. The lowest BCUT2D eigenvalue weighted by Gasteiger charge is -2.48. The Labute approximate surface area is 123 Å². The second-order valence-electron chi connectivity index (χ2n) is 5.99. The van der Waals surface area contributed by atoms with E-state index in [0.29, 0.717) is 10.5 Å². The summed E-state index contributed by atoms with van der Waals surface area (Å²) in [6.07, 6.45) is 3.81. The Morgan fingerprint density at radius 3 is 2.68 bits per heavy atom. The van der Waals surface area contributed by atoms with Gasteiger partial charge in [0.1, 0.15) is 11.8 Å². The molecule has 1 aromatic rings. The Kier molecular flexibility index (Phi) is 4.32. The van der Waals surface area contributed by atoms with Gasteiger partial charge < -0.3 is 10.0 Å². The van der Waals surface area contributed by atoms with Crippen LogP contribution in [0, 0.1) is 5.92 Å². The van der Waals surface area contributed by atoms with Crippen molar-refractivity contribution in [3.05, 3.63) is 10.3 Å². The van der Waals surface area contributed by atoms with E-state index in [4.69, 9.17) is 0 Å². The van der Waals surface area contributed by atoms with Crippen molar-refractivity contribution in [2.45, 2.75) is 44.2 Å². The second kappa shape index (κ2) is 5.50. The molecule has 0 aliphatic heterocycles. The van der Waals surface area contributed by atoms with Crippen LogP contribution in [0.15, 0.2) is 4.60 Å². The van der Waals surface area contributed by atoms with Gasteiger partial charge in [0.25, 0.3) is 0 Å². The van der Waals surface area contributed by atoms with E-state index < -0.39 is 6.10 Å². The van der Waals surface area contributed by atoms with Crippen molar-refractivity contribution in [1.82, 2.24) is 19.9 Å². The Morgan fingerprint density at radius 1 is 1.53 bits per heavy atom. The average molecular weight is 331 g/mol. The molecule has 0 amide bonds. The summed E-state index contributed by atoms with van der Waals surface area (Å²) < 4.78 is 2.31. The highest BCUT2D eigenvalue weighted by Gasteiger charge is 2.45.